The molecule has 0 fully saturated rings. The normalized spacial score (nSPS) is 11.9. The van der Waals surface area contributed by atoms with Gasteiger partial charge in [-0.2, -0.15) is 14.9 Å². The first-order valence-corrected chi connectivity index (χ1v) is 7.50. The third-order valence-corrected chi connectivity index (χ3v) is 3.43. The van der Waals surface area contributed by atoms with E-state index < -0.39 is 17.5 Å². The molecule has 0 radical (unpaired) electrons. The number of carbonyl (C=O) groups is 1. The molecule has 9 heteroatoms. The minimum absolute atomic E-state index is 0.0915. The highest BCUT2D eigenvalue weighted by Gasteiger charge is 2.26. The molecule has 0 saturated carbocycles. The van der Waals surface area contributed by atoms with Crippen molar-refractivity contribution in [1.82, 2.24) is 24.5 Å². The van der Waals surface area contributed by atoms with Crippen molar-refractivity contribution in [3.8, 4) is 11.3 Å². The van der Waals surface area contributed by atoms with Crippen LogP contribution in [0.25, 0.3) is 22.2 Å². The van der Waals surface area contributed by atoms with Crippen LogP contribution in [0.4, 0.5) is 9.18 Å². The summed E-state index contributed by atoms with van der Waals surface area (Å²) in [6.45, 7) is 5.19. The van der Waals surface area contributed by atoms with E-state index in [9.17, 15) is 9.18 Å². The van der Waals surface area contributed by atoms with E-state index in [-0.39, 0.29) is 21.7 Å². The van der Waals surface area contributed by atoms with Gasteiger partial charge in [0.1, 0.15) is 16.8 Å². The number of pyridine rings is 1. The quantitative estimate of drug-likeness (QED) is 0.628. The predicted octanol–water partition coefficient (Wildman–Crippen LogP) is 3.41. The molecule has 24 heavy (non-hydrogen) atoms. The van der Waals surface area contributed by atoms with Gasteiger partial charge in [0.2, 0.25) is 0 Å². The lowest BCUT2D eigenvalue weighted by Crippen LogP contribution is -2.27. The van der Waals surface area contributed by atoms with E-state index in [0.717, 1.165) is 4.68 Å². The van der Waals surface area contributed by atoms with E-state index in [4.69, 9.17) is 16.3 Å². The molecule has 0 unspecified atom stereocenters. The zero-order valence-electron chi connectivity index (χ0n) is 13.5. The van der Waals surface area contributed by atoms with E-state index in [1.54, 1.807) is 38.7 Å². The van der Waals surface area contributed by atoms with E-state index in [2.05, 4.69) is 15.2 Å². The number of nitrogens with zero attached hydrogens (tertiary/aromatic N) is 5. The smallest absolute Gasteiger partial charge is 0.435 e. The Kier molecular flexibility index (Phi) is 3.79. The fraction of sp³-hybridized carbons (Fsp3) is 0.333. The average molecular weight is 352 g/mol. The number of hydrogen-bond acceptors (Lipinski definition) is 5. The van der Waals surface area contributed by atoms with Crippen molar-refractivity contribution in [2.75, 3.05) is 0 Å². The summed E-state index contributed by atoms with van der Waals surface area (Å²) in [5, 5.41) is 8.05. The van der Waals surface area contributed by atoms with E-state index in [0.29, 0.717) is 5.56 Å². The maximum absolute atomic E-state index is 14.5. The molecule has 0 aliphatic heterocycles. The molecule has 0 spiro atoms. The molecular weight excluding hydrogens is 337 g/mol. The molecule has 126 valence electrons. The number of carbonyl (C=O) groups excluding carboxylic acids is 1. The van der Waals surface area contributed by atoms with Crippen LogP contribution in [0.5, 0.6) is 0 Å². The third kappa shape index (κ3) is 2.84. The SMILES string of the molecule is Cn1cc(-c2nn(C(=O)OC(C)(C)C)c3cnc(Cl)c(F)c23)cn1. The van der Waals surface area contributed by atoms with Gasteiger partial charge in [-0.3, -0.25) is 4.68 Å². The molecule has 3 aromatic rings. The van der Waals surface area contributed by atoms with Crippen molar-refractivity contribution >= 4 is 28.6 Å². The first-order chi connectivity index (χ1) is 11.2. The Morgan fingerprint density at radius 2 is 2.04 bits per heavy atom. The number of hydrogen-bond donors (Lipinski definition) is 0. The first kappa shape index (κ1) is 16.4. The minimum atomic E-state index is -0.747. The summed E-state index contributed by atoms with van der Waals surface area (Å²) in [5.41, 5.74) is 0.240. The van der Waals surface area contributed by atoms with E-state index >= 15 is 0 Å². The minimum Gasteiger partial charge on any atom is -0.442 e. The van der Waals surface area contributed by atoms with E-state index in [1.165, 1.54) is 12.4 Å². The van der Waals surface area contributed by atoms with Crippen LogP contribution < -0.4 is 0 Å². The average Bonchev–Trinajstić information content (AvgIpc) is 3.05. The van der Waals surface area contributed by atoms with Crippen LogP contribution in [0.2, 0.25) is 5.15 Å². The molecule has 0 aliphatic rings. The van der Waals surface area contributed by atoms with Gasteiger partial charge in [-0.05, 0) is 20.8 Å². The Hall–Kier alpha value is -2.48. The predicted molar refractivity (Wildman–Crippen MR) is 86.3 cm³/mol. The summed E-state index contributed by atoms with van der Waals surface area (Å²) in [5.74, 6) is -0.747. The molecule has 0 aliphatic carbocycles. The Balaban J connectivity index is 2.25. The summed E-state index contributed by atoms with van der Waals surface area (Å²) in [4.78, 5) is 16.2. The zero-order valence-corrected chi connectivity index (χ0v) is 14.3. The van der Waals surface area contributed by atoms with Crippen LogP contribution in [0.3, 0.4) is 0 Å². The lowest BCUT2D eigenvalue weighted by Gasteiger charge is -2.19. The Morgan fingerprint density at radius 1 is 1.33 bits per heavy atom. The highest BCUT2D eigenvalue weighted by molar-refractivity contribution is 6.30. The van der Waals surface area contributed by atoms with Gasteiger partial charge in [-0.25, -0.2) is 14.2 Å². The van der Waals surface area contributed by atoms with Crippen LogP contribution in [-0.2, 0) is 11.8 Å². The number of fused-ring (bicyclic) bond motifs is 1. The largest absolute Gasteiger partial charge is 0.442 e. The number of ether oxygens (including phenoxy) is 1. The molecule has 0 atom stereocenters. The van der Waals surface area contributed by atoms with Gasteiger partial charge in [-0.1, -0.05) is 11.6 Å². The lowest BCUT2D eigenvalue weighted by molar-refractivity contribution is 0.0523. The molecule has 0 amide bonds. The van der Waals surface area contributed by atoms with Crippen molar-refractivity contribution in [1.29, 1.82) is 0 Å². The lowest BCUT2D eigenvalue weighted by atomic mass is 10.1. The summed E-state index contributed by atoms with van der Waals surface area (Å²) in [6, 6.07) is 0. The maximum Gasteiger partial charge on any atom is 0.435 e. The van der Waals surface area contributed by atoms with Crippen LogP contribution >= 0.6 is 11.6 Å². The molecular formula is C15H15ClFN5O2. The monoisotopic (exact) mass is 351 g/mol. The Bertz CT molecular complexity index is 941. The second kappa shape index (κ2) is 5.55. The summed E-state index contributed by atoms with van der Waals surface area (Å²) in [7, 11) is 1.72. The number of rotatable bonds is 1. The third-order valence-electron chi connectivity index (χ3n) is 3.17. The molecule has 3 rings (SSSR count). The van der Waals surface area contributed by atoms with Crippen molar-refractivity contribution in [3.63, 3.8) is 0 Å². The molecule has 0 bridgehead atoms. The molecule has 3 aromatic heterocycles. The van der Waals surface area contributed by atoms with Crippen molar-refractivity contribution in [3.05, 3.63) is 29.6 Å². The molecule has 0 N–H and O–H groups in total. The summed E-state index contributed by atoms with van der Waals surface area (Å²) in [6.07, 6.45) is 3.74. The van der Waals surface area contributed by atoms with Gasteiger partial charge in [0.05, 0.1) is 17.8 Å². The molecule has 0 aromatic carbocycles. The van der Waals surface area contributed by atoms with E-state index in [1.807, 2.05) is 0 Å². The molecule has 7 nitrogen and oxygen atoms in total. The molecule has 0 saturated heterocycles. The highest BCUT2D eigenvalue weighted by atomic mass is 35.5. The standard InChI is InChI=1S/C15H15ClFN5O2/c1-15(2,3)24-14(23)22-9-6-18-13(16)11(17)10(9)12(20-22)8-5-19-21(4)7-8/h5-7H,1-4H3. The van der Waals surface area contributed by atoms with Gasteiger partial charge in [0.25, 0.3) is 0 Å². The summed E-state index contributed by atoms with van der Waals surface area (Å²) < 4.78 is 22.4. The van der Waals surface area contributed by atoms with Gasteiger partial charge in [0.15, 0.2) is 11.0 Å². The van der Waals surface area contributed by atoms with Crippen LogP contribution in [0.1, 0.15) is 20.8 Å². The second-order valence-corrected chi connectivity index (χ2v) is 6.62. The first-order valence-electron chi connectivity index (χ1n) is 7.12. The fourth-order valence-electron chi connectivity index (χ4n) is 2.23. The van der Waals surface area contributed by atoms with Gasteiger partial charge >= 0.3 is 6.09 Å². The van der Waals surface area contributed by atoms with Gasteiger partial charge < -0.3 is 4.74 Å². The topological polar surface area (TPSA) is 74.8 Å². The molecule has 3 heterocycles. The van der Waals surface area contributed by atoms with Gasteiger partial charge in [-0.15, -0.1) is 0 Å². The second-order valence-electron chi connectivity index (χ2n) is 6.27. The maximum atomic E-state index is 14.5. The number of halogens is 2. The zero-order chi connectivity index (χ0) is 17.6. The van der Waals surface area contributed by atoms with Crippen molar-refractivity contribution in [2.45, 2.75) is 26.4 Å². The Morgan fingerprint density at radius 3 is 2.62 bits per heavy atom. The van der Waals surface area contributed by atoms with Crippen molar-refractivity contribution < 1.29 is 13.9 Å². The fourth-order valence-corrected chi connectivity index (χ4v) is 2.38. The van der Waals surface area contributed by atoms with Crippen LogP contribution in [-0.4, -0.2) is 36.2 Å². The highest BCUT2D eigenvalue weighted by Crippen LogP contribution is 2.32. The number of aromatic nitrogens is 5. The van der Waals surface area contributed by atoms with Gasteiger partial charge in [0, 0.05) is 18.8 Å². The van der Waals surface area contributed by atoms with Crippen molar-refractivity contribution in [2.24, 2.45) is 7.05 Å². The van der Waals surface area contributed by atoms with Crippen LogP contribution in [0.15, 0.2) is 18.6 Å². The summed E-state index contributed by atoms with van der Waals surface area (Å²) >= 11 is 5.79. The Labute approximate surface area is 142 Å². The van der Waals surface area contributed by atoms with Crippen LogP contribution in [0, 0.1) is 5.82 Å². The number of aryl methyl sites for hydroxylation is 1.